The Labute approximate surface area is 80.0 Å². The van der Waals surface area contributed by atoms with Gasteiger partial charge in [0.1, 0.15) is 0 Å². The van der Waals surface area contributed by atoms with Crippen molar-refractivity contribution < 1.29 is 9.53 Å². The maximum atomic E-state index is 11.5. The molecule has 1 atom stereocenters. The number of methoxy groups -OCH3 is 1. The SMILES string of the molecule is COC(=O)C1(C)/C=C/CCCCC1. The van der Waals surface area contributed by atoms with Crippen molar-refractivity contribution in [2.24, 2.45) is 5.41 Å². The van der Waals surface area contributed by atoms with Crippen molar-refractivity contribution in [3.63, 3.8) is 0 Å². The summed E-state index contributed by atoms with van der Waals surface area (Å²) in [6.07, 6.45) is 9.71. The van der Waals surface area contributed by atoms with Crippen LogP contribution in [0.1, 0.15) is 39.0 Å². The van der Waals surface area contributed by atoms with E-state index in [1.54, 1.807) is 0 Å². The van der Waals surface area contributed by atoms with Crippen LogP contribution in [0, 0.1) is 5.41 Å². The van der Waals surface area contributed by atoms with Gasteiger partial charge in [-0.2, -0.15) is 0 Å². The molecule has 1 aliphatic carbocycles. The highest BCUT2D eigenvalue weighted by molar-refractivity contribution is 5.78. The maximum Gasteiger partial charge on any atom is 0.315 e. The standard InChI is InChI=1S/C11H18O2/c1-11(10(12)13-2)8-6-4-3-5-7-9-11/h6,8H,3-5,7,9H2,1-2H3/b8-6+. The van der Waals surface area contributed by atoms with E-state index in [-0.39, 0.29) is 11.4 Å². The molecule has 0 heterocycles. The minimum Gasteiger partial charge on any atom is -0.468 e. The van der Waals surface area contributed by atoms with Crippen molar-refractivity contribution in [1.82, 2.24) is 0 Å². The zero-order valence-corrected chi connectivity index (χ0v) is 8.51. The molecule has 2 heteroatoms. The van der Waals surface area contributed by atoms with Gasteiger partial charge in [-0.1, -0.05) is 25.0 Å². The van der Waals surface area contributed by atoms with E-state index in [1.165, 1.54) is 20.0 Å². The Morgan fingerprint density at radius 3 is 2.85 bits per heavy atom. The molecule has 0 amide bonds. The molecule has 0 saturated heterocycles. The molecule has 0 saturated carbocycles. The molecule has 0 N–H and O–H groups in total. The van der Waals surface area contributed by atoms with Crippen molar-refractivity contribution in [3.05, 3.63) is 12.2 Å². The summed E-state index contributed by atoms with van der Waals surface area (Å²) in [6, 6.07) is 0. The molecule has 0 aromatic carbocycles. The molecule has 0 spiro atoms. The van der Waals surface area contributed by atoms with Crippen molar-refractivity contribution in [1.29, 1.82) is 0 Å². The summed E-state index contributed by atoms with van der Waals surface area (Å²) in [4.78, 5) is 11.5. The average Bonchev–Trinajstić information content (AvgIpc) is 2.10. The lowest BCUT2D eigenvalue weighted by atomic mass is 9.82. The number of carbonyl (C=O) groups is 1. The van der Waals surface area contributed by atoms with Crippen LogP contribution < -0.4 is 0 Å². The third-order valence-corrected chi connectivity index (χ3v) is 2.70. The molecule has 74 valence electrons. The Kier molecular flexibility index (Phi) is 3.52. The van der Waals surface area contributed by atoms with Crippen LogP contribution in [0.2, 0.25) is 0 Å². The van der Waals surface area contributed by atoms with Crippen LogP contribution in [-0.4, -0.2) is 13.1 Å². The smallest absolute Gasteiger partial charge is 0.315 e. The Morgan fingerprint density at radius 1 is 1.38 bits per heavy atom. The third-order valence-electron chi connectivity index (χ3n) is 2.70. The highest BCUT2D eigenvalue weighted by Gasteiger charge is 2.31. The van der Waals surface area contributed by atoms with Gasteiger partial charge in [-0.05, 0) is 26.2 Å². The van der Waals surface area contributed by atoms with Gasteiger partial charge in [0.2, 0.25) is 0 Å². The Bertz CT molecular complexity index is 208. The summed E-state index contributed by atoms with van der Waals surface area (Å²) >= 11 is 0. The molecule has 0 aromatic heterocycles. The summed E-state index contributed by atoms with van der Waals surface area (Å²) in [7, 11) is 1.46. The predicted octanol–water partition coefficient (Wildman–Crippen LogP) is 2.69. The minimum absolute atomic E-state index is 0.106. The first kappa shape index (κ1) is 10.3. The summed E-state index contributed by atoms with van der Waals surface area (Å²) in [5, 5.41) is 0. The van der Waals surface area contributed by atoms with Gasteiger partial charge in [-0.15, -0.1) is 0 Å². The van der Waals surface area contributed by atoms with E-state index in [9.17, 15) is 4.79 Å². The molecule has 2 nitrogen and oxygen atoms in total. The fourth-order valence-corrected chi connectivity index (χ4v) is 1.76. The Balaban J connectivity index is 2.72. The molecular formula is C11H18O2. The maximum absolute atomic E-state index is 11.5. The summed E-state index contributed by atoms with van der Waals surface area (Å²) in [6.45, 7) is 1.96. The zero-order valence-electron chi connectivity index (χ0n) is 8.51. The second kappa shape index (κ2) is 4.45. The largest absolute Gasteiger partial charge is 0.468 e. The molecule has 0 bridgehead atoms. The van der Waals surface area contributed by atoms with Gasteiger partial charge in [-0.3, -0.25) is 4.79 Å². The minimum atomic E-state index is -0.380. The van der Waals surface area contributed by atoms with Gasteiger partial charge < -0.3 is 4.74 Å². The number of hydrogen-bond acceptors (Lipinski definition) is 2. The van der Waals surface area contributed by atoms with E-state index in [1.807, 2.05) is 13.0 Å². The summed E-state index contributed by atoms with van der Waals surface area (Å²) in [5.74, 6) is -0.106. The predicted molar refractivity (Wildman–Crippen MR) is 52.3 cm³/mol. The molecule has 0 aromatic rings. The van der Waals surface area contributed by atoms with Gasteiger partial charge in [0.15, 0.2) is 0 Å². The fourth-order valence-electron chi connectivity index (χ4n) is 1.76. The number of ether oxygens (including phenoxy) is 1. The van der Waals surface area contributed by atoms with Crippen molar-refractivity contribution >= 4 is 5.97 Å². The van der Waals surface area contributed by atoms with E-state index in [0.29, 0.717) is 0 Å². The van der Waals surface area contributed by atoms with Crippen molar-refractivity contribution in [2.45, 2.75) is 39.0 Å². The monoisotopic (exact) mass is 182 g/mol. The van der Waals surface area contributed by atoms with Crippen LogP contribution in [0.25, 0.3) is 0 Å². The molecule has 1 rings (SSSR count). The van der Waals surface area contributed by atoms with Crippen molar-refractivity contribution in [2.75, 3.05) is 7.11 Å². The van der Waals surface area contributed by atoms with E-state index in [2.05, 4.69) is 6.08 Å². The van der Waals surface area contributed by atoms with E-state index in [4.69, 9.17) is 4.74 Å². The summed E-state index contributed by atoms with van der Waals surface area (Å²) in [5.41, 5.74) is -0.380. The lowest BCUT2D eigenvalue weighted by Crippen LogP contribution is -2.27. The van der Waals surface area contributed by atoms with Crippen LogP contribution in [0.15, 0.2) is 12.2 Å². The second-order valence-corrected chi connectivity index (χ2v) is 3.91. The number of rotatable bonds is 1. The first-order valence-corrected chi connectivity index (χ1v) is 4.95. The number of carbonyl (C=O) groups excluding carboxylic acids is 1. The molecule has 0 radical (unpaired) electrons. The van der Waals surface area contributed by atoms with Crippen LogP contribution in [0.4, 0.5) is 0 Å². The van der Waals surface area contributed by atoms with Crippen molar-refractivity contribution in [3.8, 4) is 0 Å². The molecule has 0 aliphatic heterocycles. The number of hydrogen-bond donors (Lipinski definition) is 0. The lowest BCUT2D eigenvalue weighted by Gasteiger charge is -2.24. The number of allylic oxidation sites excluding steroid dienone is 1. The normalized spacial score (nSPS) is 31.5. The van der Waals surface area contributed by atoms with Gasteiger partial charge in [0.05, 0.1) is 12.5 Å². The first-order chi connectivity index (χ1) is 6.19. The number of esters is 1. The quantitative estimate of drug-likeness (QED) is 0.460. The fraction of sp³-hybridized carbons (Fsp3) is 0.727. The Hall–Kier alpha value is -0.790. The van der Waals surface area contributed by atoms with E-state index < -0.39 is 0 Å². The van der Waals surface area contributed by atoms with Gasteiger partial charge in [0, 0.05) is 0 Å². The topological polar surface area (TPSA) is 26.3 Å². The van der Waals surface area contributed by atoms with Gasteiger partial charge in [-0.25, -0.2) is 0 Å². The van der Waals surface area contributed by atoms with Crippen LogP contribution in [-0.2, 0) is 9.53 Å². The third kappa shape index (κ3) is 2.58. The molecule has 1 unspecified atom stereocenters. The average molecular weight is 182 g/mol. The second-order valence-electron chi connectivity index (χ2n) is 3.91. The zero-order chi connectivity index (χ0) is 9.73. The molecule has 1 aliphatic rings. The lowest BCUT2D eigenvalue weighted by molar-refractivity contribution is -0.149. The molecule has 0 fully saturated rings. The molecular weight excluding hydrogens is 164 g/mol. The Morgan fingerprint density at radius 2 is 2.15 bits per heavy atom. The first-order valence-electron chi connectivity index (χ1n) is 4.95. The molecule has 13 heavy (non-hydrogen) atoms. The summed E-state index contributed by atoms with van der Waals surface area (Å²) < 4.78 is 4.80. The van der Waals surface area contributed by atoms with Gasteiger partial charge >= 0.3 is 5.97 Å². The van der Waals surface area contributed by atoms with Crippen LogP contribution >= 0.6 is 0 Å². The van der Waals surface area contributed by atoms with Gasteiger partial charge in [0.25, 0.3) is 0 Å². The highest BCUT2D eigenvalue weighted by Crippen LogP contribution is 2.30. The van der Waals surface area contributed by atoms with Crippen LogP contribution in [0.5, 0.6) is 0 Å². The highest BCUT2D eigenvalue weighted by atomic mass is 16.5. The van der Waals surface area contributed by atoms with E-state index in [0.717, 1.165) is 19.3 Å². The van der Waals surface area contributed by atoms with Crippen LogP contribution in [0.3, 0.4) is 0 Å². The van der Waals surface area contributed by atoms with E-state index >= 15 is 0 Å².